The van der Waals surface area contributed by atoms with Gasteiger partial charge in [-0.25, -0.2) is 4.98 Å². The number of hydrogen-bond donors (Lipinski definition) is 0. The zero-order valence-corrected chi connectivity index (χ0v) is 13.9. The van der Waals surface area contributed by atoms with E-state index in [1.165, 1.54) is 0 Å². The summed E-state index contributed by atoms with van der Waals surface area (Å²) in [4.78, 5) is 19.2. The summed E-state index contributed by atoms with van der Waals surface area (Å²) in [6.45, 7) is 4.38. The molecule has 2 heterocycles. The van der Waals surface area contributed by atoms with Crippen LogP contribution < -0.4 is 0 Å². The van der Waals surface area contributed by atoms with E-state index in [0.717, 1.165) is 28.0 Å². The van der Waals surface area contributed by atoms with E-state index in [2.05, 4.69) is 10.1 Å². The zero-order valence-electron chi connectivity index (χ0n) is 13.9. The van der Waals surface area contributed by atoms with Gasteiger partial charge < -0.3 is 4.90 Å². The molecular weight excluding hydrogens is 288 g/mol. The van der Waals surface area contributed by atoms with Crippen molar-refractivity contribution >= 4 is 16.9 Å². The molecule has 0 aliphatic carbocycles. The lowest BCUT2D eigenvalue weighted by atomic mass is 10.1. The van der Waals surface area contributed by atoms with Gasteiger partial charge in [-0.05, 0) is 25.5 Å². The predicted octanol–water partition coefficient (Wildman–Crippen LogP) is 2.86. The van der Waals surface area contributed by atoms with Crippen LogP contribution in [0.25, 0.3) is 11.0 Å². The van der Waals surface area contributed by atoms with Crippen LogP contribution in [0, 0.1) is 13.8 Å². The molecule has 3 aromatic rings. The molecule has 0 aliphatic heterocycles. The Hall–Kier alpha value is -2.69. The summed E-state index contributed by atoms with van der Waals surface area (Å²) in [7, 11) is 3.67. The number of amides is 1. The van der Waals surface area contributed by atoms with Crippen LogP contribution in [0.4, 0.5) is 0 Å². The molecule has 3 rings (SSSR count). The number of carbonyl (C=O) groups excluding carboxylic acids is 1. The fourth-order valence-electron chi connectivity index (χ4n) is 2.87. The molecule has 0 fully saturated rings. The van der Waals surface area contributed by atoms with Gasteiger partial charge in [-0.3, -0.25) is 9.48 Å². The lowest BCUT2D eigenvalue weighted by Crippen LogP contribution is -2.26. The lowest BCUT2D eigenvalue weighted by molar-refractivity contribution is 0.0787. The topological polar surface area (TPSA) is 51.0 Å². The van der Waals surface area contributed by atoms with Gasteiger partial charge in [-0.1, -0.05) is 30.3 Å². The van der Waals surface area contributed by atoms with E-state index < -0.39 is 0 Å². The van der Waals surface area contributed by atoms with Crippen LogP contribution in [0.5, 0.6) is 0 Å². The lowest BCUT2D eigenvalue weighted by Gasteiger charge is -2.18. The fourth-order valence-corrected chi connectivity index (χ4v) is 2.87. The van der Waals surface area contributed by atoms with E-state index in [1.807, 2.05) is 64.3 Å². The van der Waals surface area contributed by atoms with Crippen molar-refractivity contribution in [3.05, 3.63) is 58.9 Å². The Balaban J connectivity index is 2.00. The molecule has 0 bridgehead atoms. The van der Waals surface area contributed by atoms with E-state index >= 15 is 0 Å². The second-order valence-electron chi connectivity index (χ2n) is 5.87. The molecule has 5 heteroatoms. The Morgan fingerprint density at radius 3 is 2.61 bits per heavy atom. The number of pyridine rings is 1. The Morgan fingerprint density at radius 1 is 1.22 bits per heavy atom. The highest BCUT2D eigenvalue weighted by Crippen LogP contribution is 2.23. The van der Waals surface area contributed by atoms with Crippen molar-refractivity contribution in [3.8, 4) is 0 Å². The third kappa shape index (κ3) is 2.82. The average Bonchev–Trinajstić information content (AvgIpc) is 2.81. The summed E-state index contributed by atoms with van der Waals surface area (Å²) in [5.74, 6) is -0.0135. The first-order valence-corrected chi connectivity index (χ1v) is 7.57. The van der Waals surface area contributed by atoms with Gasteiger partial charge in [0.2, 0.25) is 0 Å². The number of rotatable bonds is 3. The minimum Gasteiger partial charge on any atom is -0.337 e. The molecule has 118 valence electrons. The molecule has 2 aromatic heterocycles. The molecule has 0 unspecified atom stereocenters. The summed E-state index contributed by atoms with van der Waals surface area (Å²) in [6, 6.07) is 11.8. The van der Waals surface area contributed by atoms with Crippen molar-refractivity contribution < 1.29 is 4.79 Å². The maximum Gasteiger partial charge on any atom is 0.254 e. The Bertz CT molecular complexity index is 868. The first-order chi connectivity index (χ1) is 11.0. The van der Waals surface area contributed by atoms with E-state index in [0.29, 0.717) is 12.1 Å². The van der Waals surface area contributed by atoms with Crippen LogP contribution in [0.3, 0.4) is 0 Å². The Kier molecular flexibility index (Phi) is 3.86. The largest absolute Gasteiger partial charge is 0.337 e. The van der Waals surface area contributed by atoms with E-state index in [4.69, 9.17) is 0 Å². The van der Waals surface area contributed by atoms with Crippen molar-refractivity contribution in [2.24, 2.45) is 7.05 Å². The number of hydrogen-bond acceptors (Lipinski definition) is 3. The molecule has 0 aliphatic rings. The maximum atomic E-state index is 12.9. The third-order valence-corrected chi connectivity index (χ3v) is 3.94. The van der Waals surface area contributed by atoms with E-state index in [-0.39, 0.29) is 5.91 Å². The first kappa shape index (κ1) is 15.2. The van der Waals surface area contributed by atoms with Gasteiger partial charge in [-0.15, -0.1) is 0 Å². The molecule has 0 N–H and O–H groups in total. The number of aromatic nitrogens is 3. The minimum absolute atomic E-state index is 0.0135. The number of fused-ring (bicyclic) bond motifs is 1. The molecule has 0 radical (unpaired) electrons. The summed E-state index contributed by atoms with van der Waals surface area (Å²) >= 11 is 0. The summed E-state index contributed by atoms with van der Waals surface area (Å²) < 4.78 is 1.73. The molecule has 0 atom stereocenters. The van der Waals surface area contributed by atoms with Crippen LogP contribution in [-0.4, -0.2) is 32.6 Å². The zero-order chi connectivity index (χ0) is 16.6. The van der Waals surface area contributed by atoms with Gasteiger partial charge in [-0.2, -0.15) is 5.10 Å². The molecule has 23 heavy (non-hydrogen) atoms. The molecular formula is C18H20N4O. The number of benzene rings is 1. The molecule has 1 aromatic carbocycles. The highest BCUT2D eigenvalue weighted by Gasteiger charge is 2.20. The normalized spacial score (nSPS) is 11.0. The molecule has 1 amide bonds. The van der Waals surface area contributed by atoms with Gasteiger partial charge in [0.25, 0.3) is 5.91 Å². The molecule has 0 saturated heterocycles. The van der Waals surface area contributed by atoms with Gasteiger partial charge >= 0.3 is 0 Å². The first-order valence-electron chi connectivity index (χ1n) is 7.57. The molecule has 5 nitrogen and oxygen atoms in total. The second kappa shape index (κ2) is 5.83. The Morgan fingerprint density at radius 2 is 1.91 bits per heavy atom. The van der Waals surface area contributed by atoms with Crippen LogP contribution in [0.1, 0.15) is 27.3 Å². The van der Waals surface area contributed by atoms with Gasteiger partial charge in [0, 0.05) is 26.3 Å². The van der Waals surface area contributed by atoms with Crippen LogP contribution in [0.2, 0.25) is 0 Å². The minimum atomic E-state index is -0.0135. The highest BCUT2D eigenvalue weighted by molar-refractivity contribution is 6.06. The SMILES string of the molecule is Cc1cc(C(=O)N(C)Cc2ccccc2)c2c(C)nn(C)c2n1. The Labute approximate surface area is 135 Å². The third-order valence-electron chi connectivity index (χ3n) is 3.94. The second-order valence-corrected chi connectivity index (χ2v) is 5.87. The van der Waals surface area contributed by atoms with Gasteiger partial charge in [0.15, 0.2) is 5.65 Å². The summed E-state index contributed by atoms with van der Waals surface area (Å²) in [5, 5.41) is 5.24. The van der Waals surface area contributed by atoms with Crippen molar-refractivity contribution in [1.82, 2.24) is 19.7 Å². The van der Waals surface area contributed by atoms with Gasteiger partial charge in [0.1, 0.15) is 0 Å². The van der Waals surface area contributed by atoms with Crippen LogP contribution in [-0.2, 0) is 13.6 Å². The smallest absolute Gasteiger partial charge is 0.254 e. The van der Waals surface area contributed by atoms with Crippen LogP contribution in [0.15, 0.2) is 36.4 Å². The van der Waals surface area contributed by atoms with Gasteiger partial charge in [0.05, 0.1) is 16.6 Å². The predicted molar refractivity (Wildman–Crippen MR) is 90.2 cm³/mol. The average molecular weight is 308 g/mol. The summed E-state index contributed by atoms with van der Waals surface area (Å²) in [5.41, 5.74) is 4.16. The summed E-state index contributed by atoms with van der Waals surface area (Å²) in [6.07, 6.45) is 0. The quantitative estimate of drug-likeness (QED) is 0.747. The number of nitrogens with zero attached hydrogens (tertiary/aromatic N) is 4. The van der Waals surface area contributed by atoms with Crippen LogP contribution >= 0.6 is 0 Å². The number of carbonyl (C=O) groups is 1. The maximum absolute atomic E-state index is 12.9. The molecule has 0 saturated carbocycles. The van der Waals surface area contributed by atoms with Crippen molar-refractivity contribution in [2.45, 2.75) is 20.4 Å². The monoisotopic (exact) mass is 308 g/mol. The molecule has 0 spiro atoms. The highest BCUT2D eigenvalue weighted by atomic mass is 16.2. The van der Waals surface area contributed by atoms with E-state index in [9.17, 15) is 4.79 Å². The van der Waals surface area contributed by atoms with E-state index in [1.54, 1.807) is 9.58 Å². The fraction of sp³-hybridized carbons (Fsp3) is 0.278. The number of aryl methyl sites for hydroxylation is 3. The van der Waals surface area contributed by atoms with Crippen molar-refractivity contribution in [1.29, 1.82) is 0 Å². The standard InChI is InChI=1S/C18H20N4O/c1-12-10-15(16-13(2)20-22(4)17(16)19-12)18(23)21(3)11-14-8-6-5-7-9-14/h5-10H,11H2,1-4H3. The van der Waals surface area contributed by atoms with Crippen molar-refractivity contribution in [2.75, 3.05) is 7.05 Å². The van der Waals surface area contributed by atoms with Crippen molar-refractivity contribution in [3.63, 3.8) is 0 Å².